The molecule has 64 valence electrons. The van der Waals surface area contributed by atoms with Crippen molar-refractivity contribution in [2.24, 2.45) is 0 Å². The van der Waals surface area contributed by atoms with E-state index in [1.807, 2.05) is 36.6 Å². The van der Waals surface area contributed by atoms with Gasteiger partial charge in [-0.25, -0.2) is 0 Å². The highest BCUT2D eigenvalue weighted by molar-refractivity contribution is 7.98. The van der Waals surface area contributed by atoms with Crippen LogP contribution < -0.4 is 0 Å². The molecule has 0 unspecified atom stereocenters. The number of benzene rings is 1. The first-order valence-corrected chi connectivity index (χ1v) is 5.10. The van der Waals surface area contributed by atoms with Gasteiger partial charge in [0.15, 0.2) is 0 Å². The first-order chi connectivity index (χ1) is 6.38. The molecule has 1 aromatic carbocycles. The molecule has 0 radical (unpaired) electrons. The Labute approximate surface area is 82.8 Å². The van der Waals surface area contributed by atoms with E-state index in [9.17, 15) is 0 Å². The van der Waals surface area contributed by atoms with Crippen molar-refractivity contribution < 1.29 is 0 Å². The van der Waals surface area contributed by atoms with Crippen molar-refractivity contribution >= 4 is 11.8 Å². The first-order valence-electron chi connectivity index (χ1n) is 3.87. The van der Waals surface area contributed by atoms with Crippen molar-refractivity contribution in [2.75, 3.05) is 6.26 Å². The molecule has 0 aliphatic rings. The minimum Gasteiger partial charge on any atom is -0.197 e. The lowest BCUT2D eigenvalue weighted by Crippen LogP contribution is -1.78. The van der Waals surface area contributed by atoms with Crippen LogP contribution in [0.25, 0.3) is 0 Å². The molecular weight excluding hydrogens is 178 g/mol. The zero-order chi connectivity index (χ0) is 9.52. The molecule has 1 aromatic rings. The van der Waals surface area contributed by atoms with E-state index in [2.05, 4.69) is 11.8 Å². The van der Waals surface area contributed by atoms with E-state index in [0.29, 0.717) is 6.42 Å². The van der Waals surface area contributed by atoms with Gasteiger partial charge in [0, 0.05) is 10.5 Å². The van der Waals surface area contributed by atoms with E-state index in [4.69, 9.17) is 5.26 Å². The van der Waals surface area contributed by atoms with Crippen LogP contribution in [0.5, 0.6) is 0 Å². The Morgan fingerprint density at radius 3 is 2.85 bits per heavy atom. The first kappa shape index (κ1) is 9.71. The molecule has 1 nitrogen and oxygen atoms in total. The second-order valence-corrected chi connectivity index (χ2v) is 3.19. The van der Waals surface area contributed by atoms with Crippen LogP contribution in [0.3, 0.4) is 0 Å². The Kier molecular flexibility index (Phi) is 3.96. The average Bonchev–Trinajstić information content (AvgIpc) is 2.19. The van der Waals surface area contributed by atoms with Gasteiger partial charge in [0.25, 0.3) is 0 Å². The van der Waals surface area contributed by atoms with Gasteiger partial charge in [-0.2, -0.15) is 5.26 Å². The van der Waals surface area contributed by atoms with Gasteiger partial charge in [0.1, 0.15) is 0 Å². The molecule has 0 saturated carbocycles. The predicted molar refractivity (Wildman–Crippen MR) is 55.3 cm³/mol. The minimum atomic E-state index is 0.294. The van der Waals surface area contributed by atoms with Crippen LogP contribution in [0.1, 0.15) is 12.0 Å². The maximum Gasteiger partial charge on any atom is 0.0966 e. The zero-order valence-electron chi connectivity index (χ0n) is 7.37. The van der Waals surface area contributed by atoms with Crippen molar-refractivity contribution in [1.29, 1.82) is 5.26 Å². The standard InChI is InChI=1S/C11H9NS/c1-13-11-8-3-2-6-10(11)7-4-5-9-12/h2-3,6,8H,5H2,1H3. The van der Waals surface area contributed by atoms with Crippen LogP contribution in [0.2, 0.25) is 0 Å². The summed E-state index contributed by atoms with van der Waals surface area (Å²) in [5.74, 6) is 5.77. The van der Waals surface area contributed by atoms with Crippen molar-refractivity contribution in [3.63, 3.8) is 0 Å². The minimum absolute atomic E-state index is 0.294. The monoisotopic (exact) mass is 187 g/mol. The lowest BCUT2D eigenvalue weighted by atomic mass is 10.2. The highest BCUT2D eigenvalue weighted by Gasteiger charge is 1.94. The van der Waals surface area contributed by atoms with Gasteiger partial charge in [-0.3, -0.25) is 0 Å². The quantitative estimate of drug-likeness (QED) is 0.498. The molecule has 0 N–H and O–H groups in total. The Bertz CT molecular complexity index is 379. The number of rotatable bonds is 1. The second-order valence-electron chi connectivity index (χ2n) is 2.34. The normalized spacial score (nSPS) is 8.31. The summed E-state index contributed by atoms with van der Waals surface area (Å²) < 4.78 is 0. The predicted octanol–water partition coefficient (Wildman–Crippen LogP) is 2.67. The summed E-state index contributed by atoms with van der Waals surface area (Å²) in [6.45, 7) is 0. The van der Waals surface area contributed by atoms with E-state index in [1.54, 1.807) is 11.8 Å². The van der Waals surface area contributed by atoms with Crippen molar-refractivity contribution in [2.45, 2.75) is 11.3 Å². The molecule has 2 heteroatoms. The zero-order valence-corrected chi connectivity index (χ0v) is 8.19. The maximum atomic E-state index is 8.31. The van der Waals surface area contributed by atoms with Crippen molar-refractivity contribution in [1.82, 2.24) is 0 Å². The lowest BCUT2D eigenvalue weighted by molar-refractivity contribution is 1.38. The number of nitriles is 1. The van der Waals surface area contributed by atoms with Crippen LogP contribution in [0.15, 0.2) is 29.2 Å². The third kappa shape index (κ3) is 2.86. The summed E-state index contributed by atoms with van der Waals surface area (Å²) in [4.78, 5) is 1.16. The third-order valence-corrected chi connectivity index (χ3v) is 2.29. The number of hydrogen-bond acceptors (Lipinski definition) is 2. The molecule has 0 aliphatic heterocycles. The number of hydrogen-bond donors (Lipinski definition) is 0. The molecule has 0 heterocycles. The van der Waals surface area contributed by atoms with Crippen LogP contribution in [-0.4, -0.2) is 6.26 Å². The van der Waals surface area contributed by atoms with E-state index >= 15 is 0 Å². The fourth-order valence-electron chi connectivity index (χ4n) is 0.927. The molecule has 1 rings (SSSR count). The summed E-state index contributed by atoms with van der Waals surface area (Å²) in [6, 6.07) is 9.93. The smallest absolute Gasteiger partial charge is 0.0966 e. The molecule has 0 aromatic heterocycles. The van der Waals surface area contributed by atoms with Gasteiger partial charge in [-0.15, -0.1) is 11.8 Å². The van der Waals surface area contributed by atoms with Crippen molar-refractivity contribution in [3.05, 3.63) is 29.8 Å². The van der Waals surface area contributed by atoms with Gasteiger partial charge in [-0.1, -0.05) is 24.0 Å². The molecule has 0 amide bonds. The highest BCUT2D eigenvalue weighted by Crippen LogP contribution is 2.18. The van der Waals surface area contributed by atoms with Crippen LogP contribution in [-0.2, 0) is 0 Å². The third-order valence-electron chi connectivity index (χ3n) is 1.50. The van der Waals surface area contributed by atoms with Gasteiger partial charge < -0.3 is 0 Å². The molecule has 0 saturated heterocycles. The Balaban J connectivity index is 2.90. The highest BCUT2D eigenvalue weighted by atomic mass is 32.2. The van der Waals surface area contributed by atoms with Crippen LogP contribution >= 0.6 is 11.8 Å². The molecule has 0 fully saturated rings. The average molecular weight is 187 g/mol. The molecule has 0 spiro atoms. The maximum absolute atomic E-state index is 8.31. The number of thioether (sulfide) groups is 1. The Morgan fingerprint density at radius 2 is 2.15 bits per heavy atom. The fourth-order valence-corrected chi connectivity index (χ4v) is 1.48. The molecule has 0 atom stereocenters. The van der Waals surface area contributed by atoms with Gasteiger partial charge in [0.05, 0.1) is 12.5 Å². The SMILES string of the molecule is CSc1ccccc1C#CCC#N. The molecular formula is C11H9NS. The summed E-state index contributed by atoms with van der Waals surface area (Å²) >= 11 is 1.67. The largest absolute Gasteiger partial charge is 0.197 e. The topological polar surface area (TPSA) is 23.8 Å². The van der Waals surface area contributed by atoms with Gasteiger partial charge >= 0.3 is 0 Å². The molecule has 0 bridgehead atoms. The number of nitrogens with zero attached hydrogens (tertiary/aromatic N) is 1. The summed E-state index contributed by atoms with van der Waals surface area (Å²) in [7, 11) is 0. The Morgan fingerprint density at radius 1 is 1.38 bits per heavy atom. The van der Waals surface area contributed by atoms with E-state index < -0.39 is 0 Å². The van der Waals surface area contributed by atoms with E-state index in [1.165, 1.54) is 0 Å². The van der Waals surface area contributed by atoms with Gasteiger partial charge in [-0.05, 0) is 18.4 Å². The van der Waals surface area contributed by atoms with E-state index in [0.717, 1.165) is 10.5 Å². The molecule has 0 aliphatic carbocycles. The summed E-state index contributed by atoms with van der Waals surface area (Å²) in [5.41, 5.74) is 1.00. The second kappa shape index (κ2) is 5.30. The molecule has 13 heavy (non-hydrogen) atoms. The van der Waals surface area contributed by atoms with Crippen LogP contribution in [0, 0.1) is 23.2 Å². The summed E-state index contributed by atoms with van der Waals surface area (Å²) in [5, 5.41) is 8.31. The summed E-state index contributed by atoms with van der Waals surface area (Å²) in [6.07, 6.45) is 2.31. The van der Waals surface area contributed by atoms with Gasteiger partial charge in [0.2, 0.25) is 0 Å². The lowest BCUT2D eigenvalue weighted by Gasteiger charge is -1.97. The van der Waals surface area contributed by atoms with Crippen molar-refractivity contribution in [3.8, 4) is 17.9 Å². The fraction of sp³-hybridized carbons (Fsp3) is 0.182. The van der Waals surface area contributed by atoms with E-state index in [-0.39, 0.29) is 0 Å². The Hall–Kier alpha value is -1.38. The van der Waals surface area contributed by atoms with Crippen LogP contribution in [0.4, 0.5) is 0 Å².